The first-order valence-corrected chi connectivity index (χ1v) is 15.1. The van der Waals surface area contributed by atoms with E-state index in [0.717, 1.165) is 29.7 Å². The molecule has 1 aliphatic rings. The van der Waals surface area contributed by atoms with Gasteiger partial charge in [-0.3, -0.25) is 4.79 Å². The van der Waals surface area contributed by atoms with Crippen LogP contribution in [0.2, 0.25) is 0 Å². The molecule has 2 aromatic carbocycles. The zero-order valence-electron chi connectivity index (χ0n) is 22.8. The molecule has 0 unspecified atom stereocenters. The predicted octanol–water partition coefficient (Wildman–Crippen LogP) is 2.59. The number of sulfone groups is 1. The number of aromatic hydroxyl groups is 1. The first-order chi connectivity index (χ1) is 19.7. The highest BCUT2D eigenvalue weighted by Crippen LogP contribution is 2.27. The van der Waals surface area contributed by atoms with Crippen LogP contribution in [0.5, 0.6) is 5.75 Å². The first kappa shape index (κ1) is 26.7. The number of nitrogens with zero attached hydrogens (tertiary/aromatic N) is 8. The van der Waals surface area contributed by atoms with Crippen molar-refractivity contribution in [2.45, 2.75) is 25.6 Å². The van der Waals surface area contributed by atoms with E-state index in [1.54, 1.807) is 41.4 Å². The number of Topliss-reactive ketones (excluding diaryl/α,β-unsaturated/α-hetero) is 1. The summed E-state index contributed by atoms with van der Waals surface area (Å²) in [6.45, 7) is 5.69. The van der Waals surface area contributed by atoms with Crippen LogP contribution in [0.25, 0.3) is 27.9 Å². The predicted molar refractivity (Wildman–Crippen MR) is 156 cm³/mol. The number of benzene rings is 2. The third-order valence-electron chi connectivity index (χ3n) is 7.32. The summed E-state index contributed by atoms with van der Waals surface area (Å²) in [5, 5.41) is 14.5. The number of para-hydroxylation sites is 1. The lowest BCUT2D eigenvalue weighted by Gasteiger charge is -2.36. The monoisotopic (exact) mass is 574 g/mol. The Balaban J connectivity index is 1.37. The van der Waals surface area contributed by atoms with Crippen molar-refractivity contribution >= 4 is 49.3 Å². The van der Waals surface area contributed by atoms with Gasteiger partial charge in [0, 0.05) is 37.3 Å². The zero-order chi connectivity index (χ0) is 28.7. The number of hydrogen-bond acceptors (Lipinski definition) is 10. The Kier molecular flexibility index (Phi) is 6.81. The van der Waals surface area contributed by atoms with Crippen molar-refractivity contribution < 1.29 is 18.3 Å². The molecule has 212 valence electrons. The third-order valence-corrected chi connectivity index (χ3v) is 9.48. The van der Waals surface area contributed by atoms with E-state index in [1.807, 2.05) is 36.4 Å². The number of hydrogen-bond donors (Lipinski definition) is 1. The quantitative estimate of drug-likeness (QED) is 0.294. The van der Waals surface area contributed by atoms with Gasteiger partial charge in [-0.1, -0.05) is 18.2 Å². The van der Waals surface area contributed by atoms with Crippen LogP contribution in [0.4, 0.5) is 11.6 Å². The fourth-order valence-corrected chi connectivity index (χ4v) is 5.79. The molecule has 12 nitrogen and oxygen atoms in total. The molecule has 13 heteroatoms. The number of piperazine rings is 1. The van der Waals surface area contributed by atoms with Crippen molar-refractivity contribution in [2.75, 3.05) is 41.7 Å². The summed E-state index contributed by atoms with van der Waals surface area (Å²) in [4.78, 5) is 31.4. The normalized spacial score (nSPS) is 14.4. The van der Waals surface area contributed by atoms with Gasteiger partial charge < -0.3 is 19.5 Å². The fourth-order valence-electron chi connectivity index (χ4n) is 4.92. The van der Waals surface area contributed by atoms with Crippen molar-refractivity contribution in [3.63, 3.8) is 0 Å². The highest BCUT2D eigenvalue weighted by atomic mass is 32.2. The summed E-state index contributed by atoms with van der Waals surface area (Å²) in [6, 6.07) is 14.9. The molecule has 5 aromatic rings. The van der Waals surface area contributed by atoms with Crippen molar-refractivity contribution in [3.8, 4) is 11.6 Å². The van der Waals surface area contributed by atoms with Gasteiger partial charge in [0.2, 0.25) is 5.95 Å². The van der Waals surface area contributed by atoms with Gasteiger partial charge in [-0.2, -0.15) is 15.1 Å². The molecule has 0 amide bonds. The lowest BCUT2D eigenvalue weighted by atomic mass is 10.2. The second kappa shape index (κ2) is 10.5. The van der Waals surface area contributed by atoms with Gasteiger partial charge >= 0.3 is 0 Å². The van der Waals surface area contributed by atoms with Crippen LogP contribution in [0.3, 0.4) is 0 Å². The van der Waals surface area contributed by atoms with E-state index in [-0.39, 0.29) is 12.3 Å². The van der Waals surface area contributed by atoms with Crippen molar-refractivity contribution in [1.29, 1.82) is 0 Å². The van der Waals surface area contributed by atoms with Gasteiger partial charge in [0.25, 0.3) is 0 Å². The Bertz CT molecular complexity index is 1840. The van der Waals surface area contributed by atoms with Crippen molar-refractivity contribution in [2.24, 2.45) is 0 Å². The maximum absolute atomic E-state index is 12.8. The van der Waals surface area contributed by atoms with E-state index in [2.05, 4.69) is 19.9 Å². The van der Waals surface area contributed by atoms with Crippen molar-refractivity contribution in [3.05, 3.63) is 61.1 Å². The minimum absolute atomic E-state index is 0.174. The lowest BCUT2D eigenvalue weighted by molar-refractivity contribution is -0.117. The molecule has 0 spiro atoms. The van der Waals surface area contributed by atoms with E-state index in [0.29, 0.717) is 36.0 Å². The Hall–Kier alpha value is -4.52. The second-order valence-electron chi connectivity index (χ2n) is 10.4. The molecule has 0 atom stereocenters. The lowest BCUT2D eigenvalue weighted by Crippen LogP contribution is -2.47. The van der Waals surface area contributed by atoms with Crippen molar-refractivity contribution in [1.82, 2.24) is 29.3 Å². The molecule has 6 rings (SSSR count). The van der Waals surface area contributed by atoms with E-state index < -0.39 is 26.6 Å². The molecule has 3 aromatic heterocycles. The van der Waals surface area contributed by atoms with Crippen LogP contribution in [0.15, 0.2) is 61.1 Å². The van der Waals surface area contributed by atoms with Gasteiger partial charge in [-0.15, -0.1) is 0 Å². The van der Waals surface area contributed by atoms with Crippen LogP contribution in [0, 0.1) is 0 Å². The highest BCUT2D eigenvalue weighted by Gasteiger charge is 2.25. The van der Waals surface area contributed by atoms with Gasteiger partial charge in [0.05, 0.1) is 29.8 Å². The molecule has 1 aliphatic heterocycles. The number of rotatable bonds is 8. The molecular formula is C28H30N8O4S. The Morgan fingerprint density at radius 2 is 1.68 bits per heavy atom. The SMILES string of the molecule is CC(C)S(=O)(=O)CC(=O)Cn1cnc2c(-n3ncc4ccccc43)nc(N3CCN(c4ccc(O)cc4)CC3)nc21. The number of anilines is 2. The average Bonchev–Trinajstić information content (AvgIpc) is 3.57. The van der Waals surface area contributed by atoms with E-state index in [9.17, 15) is 18.3 Å². The van der Waals surface area contributed by atoms with Gasteiger partial charge in [0.15, 0.2) is 32.6 Å². The van der Waals surface area contributed by atoms with Crippen LogP contribution in [-0.4, -0.2) is 85.8 Å². The topological polar surface area (TPSA) is 139 Å². The summed E-state index contributed by atoms with van der Waals surface area (Å²) < 4.78 is 28.0. The van der Waals surface area contributed by atoms with Crippen LogP contribution in [-0.2, 0) is 21.2 Å². The number of aromatic nitrogens is 6. The fraction of sp³-hybridized carbons (Fsp3) is 0.321. The van der Waals surface area contributed by atoms with Gasteiger partial charge in [-0.25, -0.2) is 18.1 Å². The standard InChI is InChI=1S/C28H30N8O4S/c1-19(2)41(39,40)17-23(38)16-35-18-29-25-26(35)31-28(32-27(25)36-24-6-4-3-5-20(24)15-30-36)34-13-11-33(12-14-34)21-7-9-22(37)10-8-21/h3-10,15,18-19,37H,11-14,16-17H2,1-2H3. The Labute approximate surface area is 236 Å². The summed E-state index contributed by atoms with van der Waals surface area (Å²) in [6.07, 6.45) is 3.26. The molecule has 1 N–H and O–H groups in total. The van der Waals surface area contributed by atoms with Crippen LogP contribution in [0.1, 0.15) is 13.8 Å². The average molecular weight is 575 g/mol. The second-order valence-corrected chi connectivity index (χ2v) is 12.9. The zero-order valence-corrected chi connectivity index (χ0v) is 23.6. The summed E-state index contributed by atoms with van der Waals surface area (Å²) in [5.41, 5.74) is 2.77. The molecule has 0 bridgehead atoms. The molecule has 41 heavy (non-hydrogen) atoms. The molecule has 1 saturated heterocycles. The molecule has 1 fully saturated rings. The number of ketones is 1. The summed E-state index contributed by atoms with van der Waals surface area (Å²) in [5.74, 6) is 0.198. The number of phenols is 1. The Morgan fingerprint density at radius 1 is 0.976 bits per heavy atom. The number of imidazole rings is 1. The molecule has 4 heterocycles. The maximum Gasteiger partial charge on any atom is 0.229 e. The molecule has 0 saturated carbocycles. The summed E-state index contributed by atoms with van der Waals surface area (Å²) >= 11 is 0. The maximum atomic E-state index is 12.8. The van der Waals surface area contributed by atoms with E-state index >= 15 is 0 Å². The first-order valence-electron chi connectivity index (χ1n) is 13.4. The number of fused-ring (bicyclic) bond motifs is 2. The van der Waals surface area contributed by atoms with Gasteiger partial charge in [0.1, 0.15) is 11.5 Å². The molecule has 0 radical (unpaired) electrons. The molecular weight excluding hydrogens is 544 g/mol. The van der Waals surface area contributed by atoms with Gasteiger partial charge in [-0.05, 0) is 44.2 Å². The van der Waals surface area contributed by atoms with Crippen LogP contribution >= 0.6 is 0 Å². The van der Waals surface area contributed by atoms with E-state index in [1.165, 1.54) is 6.33 Å². The number of carbonyl (C=O) groups excluding carboxylic acids is 1. The third kappa shape index (κ3) is 5.20. The largest absolute Gasteiger partial charge is 0.508 e. The number of phenolic OH excluding ortho intramolecular Hbond substituents is 1. The molecule has 0 aliphatic carbocycles. The minimum Gasteiger partial charge on any atom is -0.508 e. The van der Waals surface area contributed by atoms with E-state index in [4.69, 9.17) is 9.97 Å². The summed E-state index contributed by atoms with van der Waals surface area (Å²) in [7, 11) is -3.53. The smallest absolute Gasteiger partial charge is 0.229 e. The van der Waals surface area contributed by atoms with Crippen LogP contribution < -0.4 is 9.80 Å². The number of carbonyl (C=O) groups is 1. The minimum atomic E-state index is -3.53. The Morgan fingerprint density at radius 3 is 2.41 bits per heavy atom. The highest BCUT2D eigenvalue weighted by molar-refractivity contribution is 7.92.